The Bertz CT molecular complexity index is 568. The molecule has 0 N–H and O–H groups in total. The normalized spacial score (nSPS) is 12.7. The molecule has 0 amide bonds. The van der Waals surface area contributed by atoms with Gasteiger partial charge in [0.2, 0.25) is 0 Å². The molecular formula is C11H9BrCl2N2O2. The molecule has 0 saturated heterocycles. The molecule has 4 nitrogen and oxygen atoms in total. The molecule has 1 aromatic heterocycles. The monoisotopic (exact) mass is 350 g/mol. The number of hydrogen-bond donors (Lipinski definition) is 0. The van der Waals surface area contributed by atoms with Crippen LogP contribution in [0.1, 0.15) is 0 Å². The van der Waals surface area contributed by atoms with Crippen LogP contribution in [0.15, 0.2) is 22.8 Å². The molecule has 1 unspecified atom stereocenters. The van der Waals surface area contributed by atoms with Crippen LogP contribution < -0.4 is 4.74 Å². The molecule has 2 rings (SSSR count). The molecule has 96 valence electrons. The van der Waals surface area contributed by atoms with Crippen LogP contribution in [0.5, 0.6) is 5.75 Å². The van der Waals surface area contributed by atoms with E-state index in [4.69, 9.17) is 32.7 Å². The number of benzene rings is 1. The van der Waals surface area contributed by atoms with Crippen LogP contribution in [0.2, 0.25) is 5.02 Å². The molecule has 0 bridgehead atoms. The van der Waals surface area contributed by atoms with Gasteiger partial charge in [-0.05, 0) is 22.0 Å². The highest BCUT2D eigenvalue weighted by Gasteiger charge is 2.10. The molecule has 0 radical (unpaired) electrons. The molecule has 0 aliphatic rings. The summed E-state index contributed by atoms with van der Waals surface area (Å²) in [4.78, 5) is 0. The van der Waals surface area contributed by atoms with Crippen molar-refractivity contribution in [3.05, 3.63) is 27.8 Å². The molecule has 0 fully saturated rings. The van der Waals surface area contributed by atoms with Gasteiger partial charge in [-0.15, -0.1) is 0 Å². The average Bonchev–Trinajstić information content (AvgIpc) is 2.37. The Kier molecular flexibility index (Phi) is 4.61. The van der Waals surface area contributed by atoms with E-state index in [0.29, 0.717) is 16.3 Å². The molecule has 0 spiro atoms. The van der Waals surface area contributed by atoms with Crippen molar-refractivity contribution in [3.63, 3.8) is 0 Å². The minimum absolute atomic E-state index is 0.232. The first kappa shape index (κ1) is 13.8. The second-order valence-corrected chi connectivity index (χ2v) is 5.20. The van der Waals surface area contributed by atoms with E-state index in [-0.39, 0.29) is 6.61 Å². The largest absolute Gasteiger partial charge is 0.488 e. The number of hydrogen-bond acceptors (Lipinski definition) is 4. The van der Waals surface area contributed by atoms with Crippen LogP contribution >= 0.6 is 39.1 Å². The van der Waals surface area contributed by atoms with Crippen molar-refractivity contribution in [2.75, 3.05) is 13.7 Å². The molecule has 0 saturated carbocycles. The lowest BCUT2D eigenvalue weighted by Gasteiger charge is -2.12. The van der Waals surface area contributed by atoms with Crippen molar-refractivity contribution < 1.29 is 9.47 Å². The van der Waals surface area contributed by atoms with E-state index in [1.165, 1.54) is 13.3 Å². The predicted octanol–water partition coefficient (Wildman–Crippen LogP) is 3.64. The maximum Gasteiger partial charge on any atom is 0.164 e. The highest BCUT2D eigenvalue weighted by molar-refractivity contribution is 9.10. The molecule has 7 heteroatoms. The van der Waals surface area contributed by atoms with E-state index in [9.17, 15) is 0 Å². The Morgan fingerprint density at radius 2 is 2.22 bits per heavy atom. The molecule has 1 atom stereocenters. The van der Waals surface area contributed by atoms with E-state index in [1.54, 1.807) is 6.07 Å². The number of methoxy groups -OCH3 is 1. The molecule has 1 aromatic carbocycles. The Morgan fingerprint density at radius 1 is 1.44 bits per heavy atom. The summed E-state index contributed by atoms with van der Waals surface area (Å²) < 4.78 is 11.2. The first-order valence-electron chi connectivity index (χ1n) is 5.02. The van der Waals surface area contributed by atoms with Crippen LogP contribution in [0, 0.1) is 0 Å². The van der Waals surface area contributed by atoms with Gasteiger partial charge in [-0.2, -0.15) is 10.2 Å². The van der Waals surface area contributed by atoms with Gasteiger partial charge in [0.25, 0.3) is 0 Å². The predicted molar refractivity (Wildman–Crippen MR) is 74.4 cm³/mol. The zero-order chi connectivity index (χ0) is 13.1. The number of aromatic nitrogens is 2. The van der Waals surface area contributed by atoms with Crippen LogP contribution in [0.3, 0.4) is 0 Å². The molecule has 18 heavy (non-hydrogen) atoms. The quantitative estimate of drug-likeness (QED) is 0.789. The van der Waals surface area contributed by atoms with Gasteiger partial charge < -0.3 is 9.47 Å². The smallest absolute Gasteiger partial charge is 0.164 e. The highest BCUT2D eigenvalue weighted by atomic mass is 79.9. The van der Waals surface area contributed by atoms with Gasteiger partial charge in [-0.3, -0.25) is 0 Å². The van der Waals surface area contributed by atoms with Gasteiger partial charge in [0.05, 0.1) is 21.2 Å². The van der Waals surface area contributed by atoms with Crippen molar-refractivity contribution in [1.29, 1.82) is 0 Å². The number of ether oxygens (including phenoxy) is 2. The Morgan fingerprint density at radius 3 is 2.94 bits per heavy atom. The van der Waals surface area contributed by atoms with Crippen molar-refractivity contribution in [2.45, 2.75) is 5.56 Å². The number of halogens is 3. The molecule has 2 aromatic rings. The van der Waals surface area contributed by atoms with E-state index in [2.05, 4.69) is 26.1 Å². The standard InChI is InChI=1S/C11H9BrCl2N2O2/c1-17-11(14)5-18-10-3-9-6(2-7(10)12)8(13)4-15-16-9/h2-4,11H,5H2,1H3. The van der Waals surface area contributed by atoms with Gasteiger partial charge in [-0.1, -0.05) is 23.2 Å². The van der Waals surface area contributed by atoms with Crippen molar-refractivity contribution in [1.82, 2.24) is 10.2 Å². The first-order chi connectivity index (χ1) is 8.61. The van der Waals surface area contributed by atoms with Crippen LogP contribution in [0.4, 0.5) is 0 Å². The molecular weight excluding hydrogens is 343 g/mol. The summed E-state index contributed by atoms with van der Waals surface area (Å²) in [5, 5.41) is 9.13. The maximum absolute atomic E-state index is 6.03. The summed E-state index contributed by atoms with van der Waals surface area (Å²) in [6.45, 7) is 0.232. The van der Waals surface area contributed by atoms with Gasteiger partial charge in [0, 0.05) is 18.6 Å². The third-order valence-corrected chi connectivity index (χ3v) is 3.49. The Labute approximate surface area is 122 Å². The number of rotatable bonds is 4. The number of alkyl halides is 1. The lowest BCUT2D eigenvalue weighted by Crippen LogP contribution is -2.13. The maximum atomic E-state index is 6.03. The molecule has 0 aliphatic carbocycles. The lowest BCUT2D eigenvalue weighted by atomic mass is 10.2. The van der Waals surface area contributed by atoms with Gasteiger partial charge >= 0.3 is 0 Å². The SMILES string of the molecule is COC(Cl)COc1cc2nncc(Cl)c2cc1Br. The summed E-state index contributed by atoms with van der Waals surface area (Å²) >= 11 is 15.2. The Hall–Kier alpha value is -0.620. The lowest BCUT2D eigenvalue weighted by molar-refractivity contribution is 0.115. The molecule has 1 heterocycles. The summed E-state index contributed by atoms with van der Waals surface area (Å²) in [6, 6.07) is 3.58. The fraction of sp³-hybridized carbons (Fsp3) is 0.273. The van der Waals surface area contributed by atoms with E-state index >= 15 is 0 Å². The number of nitrogens with zero attached hydrogens (tertiary/aromatic N) is 2. The van der Waals surface area contributed by atoms with Crippen molar-refractivity contribution >= 4 is 50.0 Å². The van der Waals surface area contributed by atoms with Gasteiger partial charge in [-0.25, -0.2) is 0 Å². The zero-order valence-electron chi connectivity index (χ0n) is 9.36. The summed E-state index contributed by atoms with van der Waals surface area (Å²) in [5.74, 6) is 0.613. The van der Waals surface area contributed by atoms with E-state index < -0.39 is 5.56 Å². The van der Waals surface area contributed by atoms with E-state index in [1.807, 2.05) is 6.07 Å². The fourth-order valence-corrected chi connectivity index (χ4v) is 2.08. The van der Waals surface area contributed by atoms with Crippen molar-refractivity contribution in [2.24, 2.45) is 0 Å². The van der Waals surface area contributed by atoms with Crippen LogP contribution in [0.25, 0.3) is 10.9 Å². The topological polar surface area (TPSA) is 44.2 Å². The second-order valence-electron chi connectivity index (χ2n) is 3.45. The van der Waals surface area contributed by atoms with Crippen molar-refractivity contribution in [3.8, 4) is 5.75 Å². The summed E-state index contributed by atoms with van der Waals surface area (Å²) in [5.41, 5.74) is 0.155. The zero-order valence-corrected chi connectivity index (χ0v) is 12.5. The van der Waals surface area contributed by atoms with E-state index in [0.717, 1.165) is 9.86 Å². The first-order valence-corrected chi connectivity index (χ1v) is 6.62. The summed E-state index contributed by atoms with van der Waals surface area (Å²) in [6.07, 6.45) is 1.50. The van der Waals surface area contributed by atoms with Gasteiger partial charge in [0.15, 0.2) is 5.56 Å². The third-order valence-electron chi connectivity index (χ3n) is 2.27. The van der Waals surface area contributed by atoms with Crippen LogP contribution in [-0.4, -0.2) is 29.5 Å². The van der Waals surface area contributed by atoms with Gasteiger partial charge in [0.1, 0.15) is 12.4 Å². The minimum Gasteiger partial charge on any atom is -0.488 e. The fourth-order valence-electron chi connectivity index (χ4n) is 1.36. The minimum atomic E-state index is -0.502. The van der Waals surface area contributed by atoms with Crippen LogP contribution in [-0.2, 0) is 4.74 Å². The Balaban J connectivity index is 2.32. The number of fused-ring (bicyclic) bond motifs is 1. The summed E-state index contributed by atoms with van der Waals surface area (Å²) in [7, 11) is 1.52. The average molecular weight is 352 g/mol. The highest BCUT2D eigenvalue weighted by Crippen LogP contribution is 2.32. The third kappa shape index (κ3) is 3.03. The molecule has 0 aliphatic heterocycles. The second kappa shape index (κ2) is 6.02.